The summed E-state index contributed by atoms with van der Waals surface area (Å²) in [5, 5.41) is 0.0829. The average molecular weight is 425 g/mol. The zero-order valence-corrected chi connectivity index (χ0v) is 20.6. The highest BCUT2D eigenvalue weighted by Gasteiger charge is 2.59. The van der Waals surface area contributed by atoms with Crippen LogP contribution in [0.2, 0.25) is 18.1 Å². The van der Waals surface area contributed by atoms with E-state index in [1.807, 2.05) is 0 Å². The van der Waals surface area contributed by atoms with Crippen LogP contribution in [0.25, 0.3) is 0 Å². The van der Waals surface area contributed by atoms with Gasteiger partial charge in [-0.25, -0.2) is 0 Å². The third-order valence-corrected chi connectivity index (χ3v) is 11.8. The Hall–Kier alpha value is -1.14. The Kier molecular flexibility index (Phi) is 7.43. The molecule has 1 fully saturated rings. The van der Waals surface area contributed by atoms with Crippen LogP contribution in [0, 0.1) is 11.3 Å². The van der Waals surface area contributed by atoms with Crippen LogP contribution >= 0.6 is 0 Å². The molecule has 0 aromatic carbocycles. The summed E-state index contributed by atoms with van der Waals surface area (Å²) in [7, 11) is -0.543. The lowest BCUT2D eigenvalue weighted by Gasteiger charge is -2.45. The van der Waals surface area contributed by atoms with Crippen LogP contribution in [0.3, 0.4) is 0 Å². The van der Waals surface area contributed by atoms with Crippen LogP contribution in [0.15, 0.2) is 11.6 Å². The van der Waals surface area contributed by atoms with Crippen LogP contribution < -0.4 is 0 Å². The van der Waals surface area contributed by atoms with Crippen molar-refractivity contribution in [1.29, 1.82) is 0 Å². The first-order valence-electron chi connectivity index (χ1n) is 11.0. The number of ether oxygens (including phenoxy) is 2. The van der Waals surface area contributed by atoms with Crippen molar-refractivity contribution in [3.05, 3.63) is 11.6 Å². The third kappa shape index (κ3) is 4.79. The molecule has 0 N–H and O–H groups in total. The summed E-state index contributed by atoms with van der Waals surface area (Å²) in [6.45, 7) is 14.7. The number of hydrogen-bond acceptors (Lipinski definition) is 5. The number of carbonyl (C=O) groups is 2. The van der Waals surface area contributed by atoms with Crippen molar-refractivity contribution in [1.82, 2.24) is 0 Å². The van der Waals surface area contributed by atoms with Crippen molar-refractivity contribution in [2.24, 2.45) is 11.3 Å². The molecule has 1 unspecified atom stereocenters. The van der Waals surface area contributed by atoms with Crippen LogP contribution in [0.1, 0.15) is 73.1 Å². The lowest BCUT2D eigenvalue weighted by molar-refractivity contribution is -0.161. The second-order valence-electron chi connectivity index (χ2n) is 10.2. The molecule has 4 atom stereocenters. The number of carbonyl (C=O) groups excluding carboxylic acids is 2. The number of allylic oxidation sites excluding steroid dienone is 1. The van der Waals surface area contributed by atoms with Crippen molar-refractivity contribution >= 4 is 20.3 Å². The topological polar surface area (TPSA) is 61.8 Å². The van der Waals surface area contributed by atoms with Gasteiger partial charge in [0.05, 0.1) is 18.6 Å². The number of methoxy groups -OCH3 is 1. The van der Waals surface area contributed by atoms with Gasteiger partial charge in [-0.3, -0.25) is 9.59 Å². The molecule has 0 saturated heterocycles. The molecule has 0 bridgehead atoms. The van der Waals surface area contributed by atoms with E-state index in [2.05, 4.69) is 46.9 Å². The lowest BCUT2D eigenvalue weighted by atomic mass is 9.67. The Morgan fingerprint density at radius 2 is 1.93 bits per heavy atom. The lowest BCUT2D eigenvalue weighted by Crippen LogP contribution is -2.52. The molecule has 2 aliphatic rings. The van der Waals surface area contributed by atoms with Gasteiger partial charge in [-0.2, -0.15) is 0 Å². The van der Waals surface area contributed by atoms with Gasteiger partial charge in [0, 0.05) is 6.92 Å². The number of rotatable bonds is 7. The monoisotopic (exact) mass is 424 g/mol. The molecule has 0 aliphatic heterocycles. The van der Waals surface area contributed by atoms with Crippen molar-refractivity contribution in [3.8, 4) is 0 Å². The molecule has 6 heteroatoms. The number of fused-ring (bicyclic) bond motifs is 1. The van der Waals surface area contributed by atoms with Crippen molar-refractivity contribution in [2.75, 3.05) is 7.11 Å². The Labute approximate surface area is 177 Å². The molecular weight excluding hydrogens is 384 g/mol. The highest BCUT2D eigenvalue weighted by atomic mass is 28.4. The van der Waals surface area contributed by atoms with Gasteiger partial charge in [0.25, 0.3) is 0 Å². The molecular formula is C23H40O5Si. The fourth-order valence-electron chi connectivity index (χ4n) is 4.68. The largest absolute Gasteiger partial charge is 0.469 e. The minimum absolute atomic E-state index is 0.0726. The van der Waals surface area contributed by atoms with E-state index in [-0.39, 0.29) is 35.1 Å². The number of esters is 2. The van der Waals surface area contributed by atoms with Gasteiger partial charge in [0.2, 0.25) is 0 Å². The van der Waals surface area contributed by atoms with Gasteiger partial charge in [0.15, 0.2) is 8.32 Å². The predicted molar refractivity (Wildman–Crippen MR) is 117 cm³/mol. The highest BCUT2D eigenvalue weighted by molar-refractivity contribution is 6.74. The summed E-state index contributed by atoms with van der Waals surface area (Å²) < 4.78 is 17.7. The second-order valence-corrected chi connectivity index (χ2v) is 15.0. The van der Waals surface area contributed by atoms with Crippen LogP contribution in [0.4, 0.5) is 0 Å². The minimum atomic E-state index is -2.02. The summed E-state index contributed by atoms with van der Waals surface area (Å²) in [5.74, 6) is -0.332. The normalized spacial score (nSPS) is 28.3. The fraction of sp³-hybridized carbons (Fsp3) is 0.826. The molecule has 0 aromatic rings. The Bertz CT molecular complexity index is 648. The molecule has 0 aromatic heterocycles. The van der Waals surface area contributed by atoms with E-state index >= 15 is 0 Å². The molecule has 0 heterocycles. The van der Waals surface area contributed by atoms with Crippen LogP contribution in [-0.4, -0.2) is 39.6 Å². The zero-order chi connectivity index (χ0) is 22.0. The van der Waals surface area contributed by atoms with E-state index in [1.54, 1.807) is 0 Å². The van der Waals surface area contributed by atoms with E-state index in [1.165, 1.54) is 14.0 Å². The minimum Gasteiger partial charge on any atom is -0.469 e. The summed E-state index contributed by atoms with van der Waals surface area (Å²) in [4.78, 5) is 24.7. The van der Waals surface area contributed by atoms with Gasteiger partial charge in [0.1, 0.15) is 6.10 Å². The van der Waals surface area contributed by atoms with Crippen molar-refractivity contribution < 1.29 is 23.5 Å². The molecule has 29 heavy (non-hydrogen) atoms. The Morgan fingerprint density at radius 3 is 2.45 bits per heavy atom. The summed E-state index contributed by atoms with van der Waals surface area (Å²) in [5.41, 5.74) is 0.528. The van der Waals surface area contributed by atoms with Gasteiger partial charge in [-0.1, -0.05) is 40.2 Å². The van der Waals surface area contributed by atoms with Crippen molar-refractivity contribution in [3.63, 3.8) is 0 Å². The van der Waals surface area contributed by atoms with Crippen LogP contribution in [0.5, 0.6) is 0 Å². The molecule has 2 aliphatic carbocycles. The van der Waals surface area contributed by atoms with Gasteiger partial charge in [-0.05, 0) is 61.7 Å². The summed E-state index contributed by atoms with van der Waals surface area (Å²) in [6, 6.07) is 0. The summed E-state index contributed by atoms with van der Waals surface area (Å²) in [6.07, 6.45) is 6.85. The van der Waals surface area contributed by atoms with E-state index in [9.17, 15) is 9.59 Å². The predicted octanol–water partition coefficient (Wildman–Crippen LogP) is 5.40. The van der Waals surface area contributed by atoms with E-state index < -0.39 is 13.7 Å². The second kappa shape index (κ2) is 8.92. The first-order chi connectivity index (χ1) is 13.4. The molecule has 166 valence electrons. The van der Waals surface area contributed by atoms with Gasteiger partial charge < -0.3 is 13.9 Å². The highest BCUT2D eigenvalue weighted by Crippen LogP contribution is 2.55. The smallest absolute Gasteiger partial charge is 0.315 e. The molecule has 0 radical (unpaired) electrons. The Balaban J connectivity index is 2.36. The molecule has 5 nitrogen and oxygen atoms in total. The molecule has 2 rings (SSSR count). The SMILES string of the molecule is CCCC(OC(C)=O)C1=C[C@H]2CC[C@@H](O[Si](C)(C)C(C)(C)C)[C@@]2(C(=O)OC)CC1. The standard InChI is InChI=1S/C23H40O5Si/c1-9-10-19(27-16(2)24)17-13-14-23(21(25)26-6)18(15-17)11-12-20(23)28-29(7,8)22(3,4)5/h15,18-20H,9-14H2,1-8H3/t18-,19?,20-,23-/m1/s1. The van der Waals surface area contributed by atoms with Crippen LogP contribution in [-0.2, 0) is 23.5 Å². The zero-order valence-electron chi connectivity index (χ0n) is 19.6. The fourth-order valence-corrected chi connectivity index (χ4v) is 6.07. The molecule has 0 amide bonds. The molecule has 0 spiro atoms. The quantitative estimate of drug-likeness (QED) is 0.311. The maximum Gasteiger partial charge on any atom is 0.315 e. The summed E-state index contributed by atoms with van der Waals surface area (Å²) >= 11 is 0. The first-order valence-corrected chi connectivity index (χ1v) is 13.9. The maximum absolute atomic E-state index is 13.1. The van der Waals surface area contributed by atoms with E-state index in [0.29, 0.717) is 6.42 Å². The Morgan fingerprint density at radius 1 is 1.28 bits per heavy atom. The first kappa shape index (κ1) is 24.1. The van der Waals surface area contributed by atoms with E-state index in [4.69, 9.17) is 13.9 Å². The third-order valence-electron chi connectivity index (χ3n) is 7.30. The van der Waals surface area contributed by atoms with Gasteiger partial charge in [-0.15, -0.1) is 0 Å². The number of hydrogen-bond donors (Lipinski definition) is 0. The molecule has 1 saturated carbocycles. The van der Waals surface area contributed by atoms with Crippen molar-refractivity contribution in [2.45, 2.75) is 103 Å². The van der Waals surface area contributed by atoms with E-state index in [0.717, 1.165) is 37.7 Å². The van der Waals surface area contributed by atoms with Gasteiger partial charge >= 0.3 is 11.9 Å². The maximum atomic E-state index is 13.1. The average Bonchev–Trinajstić information content (AvgIpc) is 2.97.